The molecule has 1 N–H and O–H groups in total. The maximum Gasteiger partial charge on any atom is 0.121 e. The van der Waals surface area contributed by atoms with Crippen LogP contribution >= 0.6 is 11.3 Å². The Morgan fingerprint density at radius 3 is 2.90 bits per heavy atom. The van der Waals surface area contributed by atoms with Gasteiger partial charge >= 0.3 is 0 Å². The van der Waals surface area contributed by atoms with Crippen LogP contribution in [-0.2, 0) is 12.8 Å². The average Bonchev–Trinajstić information content (AvgIpc) is 2.91. The molecule has 0 aliphatic heterocycles. The van der Waals surface area contributed by atoms with Gasteiger partial charge in [-0.05, 0) is 37.2 Å². The number of rotatable bonds is 8. The first-order valence-corrected chi connectivity index (χ1v) is 7.78. The van der Waals surface area contributed by atoms with Gasteiger partial charge in [-0.15, -0.1) is 21.5 Å². The Hall–Kier alpha value is -1.46. The summed E-state index contributed by atoms with van der Waals surface area (Å²) in [5.74, 6) is 0.887. The van der Waals surface area contributed by atoms with Crippen molar-refractivity contribution in [3.05, 3.63) is 39.8 Å². The average molecular weight is 291 g/mol. The fourth-order valence-corrected chi connectivity index (χ4v) is 2.88. The lowest BCUT2D eigenvalue weighted by atomic mass is 10.1. The molecule has 0 saturated heterocycles. The lowest BCUT2D eigenvalue weighted by Gasteiger charge is -2.01. The van der Waals surface area contributed by atoms with Gasteiger partial charge in [0.25, 0.3) is 0 Å². The van der Waals surface area contributed by atoms with Gasteiger partial charge in [0.05, 0.1) is 7.11 Å². The Bertz CT molecular complexity index is 527. The fourth-order valence-electron chi connectivity index (χ4n) is 1.96. The maximum absolute atomic E-state index is 5.23. The summed E-state index contributed by atoms with van der Waals surface area (Å²) in [4.78, 5) is 0. The molecule has 0 unspecified atom stereocenters. The molecule has 0 spiro atoms. The molecule has 108 valence electrons. The molecule has 0 radical (unpaired) electrons. The topological polar surface area (TPSA) is 47.0 Å². The van der Waals surface area contributed by atoms with E-state index in [2.05, 4.69) is 28.5 Å². The highest BCUT2D eigenvalue weighted by Gasteiger charge is 2.06. The molecular formula is C15H21N3OS. The van der Waals surface area contributed by atoms with E-state index in [-0.39, 0.29) is 0 Å². The van der Waals surface area contributed by atoms with Crippen molar-refractivity contribution < 1.29 is 4.74 Å². The third-order valence-electron chi connectivity index (χ3n) is 2.99. The van der Waals surface area contributed by atoms with Gasteiger partial charge in [-0.1, -0.05) is 19.1 Å². The summed E-state index contributed by atoms with van der Waals surface area (Å²) < 4.78 is 5.23. The van der Waals surface area contributed by atoms with Gasteiger partial charge in [-0.25, -0.2) is 0 Å². The van der Waals surface area contributed by atoms with Gasteiger partial charge < -0.3 is 10.1 Å². The van der Waals surface area contributed by atoms with Crippen molar-refractivity contribution >= 4 is 11.3 Å². The van der Waals surface area contributed by atoms with E-state index in [0.29, 0.717) is 0 Å². The van der Waals surface area contributed by atoms with Crippen LogP contribution < -0.4 is 10.1 Å². The zero-order valence-corrected chi connectivity index (χ0v) is 12.9. The first kappa shape index (κ1) is 14.9. The number of aryl methyl sites for hydroxylation is 1. The van der Waals surface area contributed by atoms with Crippen molar-refractivity contribution in [2.45, 2.75) is 26.2 Å². The first-order chi connectivity index (χ1) is 9.81. The van der Waals surface area contributed by atoms with Gasteiger partial charge in [0.15, 0.2) is 0 Å². The van der Waals surface area contributed by atoms with Crippen LogP contribution in [0.3, 0.4) is 0 Å². The molecule has 2 rings (SSSR count). The van der Waals surface area contributed by atoms with Crippen LogP contribution in [0.1, 0.15) is 28.9 Å². The third kappa shape index (κ3) is 4.58. The maximum atomic E-state index is 5.23. The SMILES string of the molecule is CCNCCCc1nnc(Cc2cccc(OC)c2)s1. The van der Waals surface area contributed by atoms with Gasteiger partial charge in [0.1, 0.15) is 15.8 Å². The standard InChI is InChI=1S/C15H21N3OS/c1-3-16-9-5-8-14-17-18-15(20-14)11-12-6-4-7-13(10-12)19-2/h4,6-7,10,16H,3,5,8-9,11H2,1-2H3. The number of methoxy groups -OCH3 is 1. The number of hydrogen-bond acceptors (Lipinski definition) is 5. The van der Waals surface area contributed by atoms with Crippen LogP contribution in [0.2, 0.25) is 0 Å². The van der Waals surface area contributed by atoms with Crippen LogP contribution in [0.15, 0.2) is 24.3 Å². The lowest BCUT2D eigenvalue weighted by Crippen LogP contribution is -2.14. The van der Waals surface area contributed by atoms with E-state index in [0.717, 1.165) is 48.1 Å². The number of benzene rings is 1. The molecule has 2 aromatic rings. The summed E-state index contributed by atoms with van der Waals surface area (Å²) in [6.45, 7) is 4.19. The van der Waals surface area contributed by atoms with Crippen LogP contribution in [0.5, 0.6) is 5.75 Å². The molecule has 1 heterocycles. The predicted octanol–water partition coefficient (Wildman–Crippen LogP) is 2.68. The number of nitrogens with zero attached hydrogens (tertiary/aromatic N) is 2. The first-order valence-electron chi connectivity index (χ1n) is 6.96. The molecular weight excluding hydrogens is 270 g/mol. The zero-order valence-electron chi connectivity index (χ0n) is 12.1. The number of hydrogen-bond donors (Lipinski definition) is 1. The van der Waals surface area contributed by atoms with Crippen LogP contribution in [0.4, 0.5) is 0 Å². The Morgan fingerprint density at radius 2 is 2.10 bits per heavy atom. The Labute approximate surface area is 124 Å². The fraction of sp³-hybridized carbons (Fsp3) is 0.467. The van der Waals surface area contributed by atoms with E-state index in [9.17, 15) is 0 Å². The summed E-state index contributed by atoms with van der Waals surface area (Å²) >= 11 is 1.71. The Morgan fingerprint density at radius 1 is 1.25 bits per heavy atom. The van der Waals surface area contributed by atoms with Gasteiger partial charge in [-0.3, -0.25) is 0 Å². The minimum absolute atomic E-state index is 0.822. The number of aromatic nitrogens is 2. The number of ether oxygens (including phenoxy) is 1. The minimum atomic E-state index is 0.822. The van der Waals surface area contributed by atoms with Crippen molar-refractivity contribution in [1.82, 2.24) is 15.5 Å². The van der Waals surface area contributed by atoms with Crippen molar-refractivity contribution in [2.75, 3.05) is 20.2 Å². The normalized spacial score (nSPS) is 10.7. The Kier molecular flexibility index (Phi) is 5.95. The molecule has 0 saturated carbocycles. The zero-order chi connectivity index (χ0) is 14.2. The second-order valence-corrected chi connectivity index (χ2v) is 5.72. The van der Waals surface area contributed by atoms with E-state index >= 15 is 0 Å². The van der Waals surface area contributed by atoms with E-state index < -0.39 is 0 Å². The van der Waals surface area contributed by atoms with E-state index in [1.54, 1.807) is 18.4 Å². The molecule has 0 amide bonds. The van der Waals surface area contributed by atoms with E-state index in [1.807, 2.05) is 18.2 Å². The molecule has 5 heteroatoms. The van der Waals surface area contributed by atoms with E-state index in [4.69, 9.17) is 4.74 Å². The third-order valence-corrected chi connectivity index (χ3v) is 3.98. The minimum Gasteiger partial charge on any atom is -0.497 e. The highest BCUT2D eigenvalue weighted by atomic mass is 32.1. The summed E-state index contributed by atoms with van der Waals surface area (Å²) in [7, 11) is 1.69. The molecule has 4 nitrogen and oxygen atoms in total. The highest BCUT2D eigenvalue weighted by molar-refractivity contribution is 7.11. The quantitative estimate of drug-likeness (QED) is 0.760. The molecule has 0 bridgehead atoms. The van der Waals surface area contributed by atoms with Crippen LogP contribution in [0, 0.1) is 0 Å². The second-order valence-electron chi connectivity index (χ2n) is 4.57. The van der Waals surface area contributed by atoms with Crippen molar-refractivity contribution in [1.29, 1.82) is 0 Å². The van der Waals surface area contributed by atoms with Crippen LogP contribution in [0.25, 0.3) is 0 Å². The molecule has 20 heavy (non-hydrogen) atoms. The highest BCUT2D eigenvalue weighted by Crippen LogP contribution is 2.19. The van der Waals surface area contributed by atoms with Crippen LogP contribution in [-0.4, -0.2) is 30.4 Å². The summed E-state index contributed by atoms with van der Waals surface area (Å²) in [6.07, 6.45) is 2.94. The molecule has 0 fully saturated rings. The van der Waals surface area contributed by atoms with Gasteiger partial charge in [0, 0.05) is 12.8 Å². The van der Waals surface area contributed by atoms with Crippen molar-refractivity contribution in [2.24, 2.45) is 0 Å². The largest absolute Gasteiger partial charge is 0.497 e. The molecule has 0 aliphatic rings. The smallest absolute Gasteiger partial charge is 0.121 e. The number of nitrogens with one attached hydrogen (secondary N) is 1. The summed E-state index contributed by atoms with van der Waals surface area (Å²) in [5, 5.41) is 14.0. The summed E-state index contributed by atoms with van der Waals surface area (Å²) in [6, 6.07) is 8.10. The predicted molar refractivity (Wildman–Crippen MR) is 82.6 cm³/mol. The molecule has 1 aromatic carbocycles. The molecule has 0 aliphatic carbocycles. The Balaban J connectivity index is 1.88. The monoisotopic (exact) mass is 291 g/mol. The van der Waals surface area contributed by atoms with Crippen molar-refractivity contribution in [3.63, 3.8) is 0 Å². The van der Waals surface area contributed by atoms with Crippen molar-refractivity contribution in [3.8, 4) is 5.75 Å². The summed E-state index contributed by atoms with van der Waals surface area (Å²) in [5.41, 5.74) is 1.21. The second kappa shape index (κ2) is 7.97. The lowest BCUT2D eigenvalue weighted by molar-refractivity contribution is 0.414. The molecule has 1 aromatic heterocycles. The van der Waals surface area contributed by atoms with Gasteiger partial charge in [0.2, 0.25) is 0 Å². The molecule has 0 atom stereocenters. The van der Waals surface area contributed by atoms with E-state index in [1.165, 1.54) is 5.56 Å². The van der Waals surface area contributed by atoms with Gasteiger partial charge in [-0.2, -0.15) is 0 Å².